The lowest BCUT2D eigenvalue weighted by Gasteiger charge is -2.26. The highest BCUT2D eigenvalue weighted by molar-refractivity contribution is 8.08. The van der Waals surface area contributed by atoms with Gasteiger partial charge in [-0.25, -0.2) is 13.2 Å². The van der Waals surface area contributed by atoms with Crippen molar-refractivity contribution in [1.82, 2.24) is 8.28 Å². The number of hydrogen-bond donors (Lipinski definition) is 1. The van der Waals surface area contributed by atoms with Crippen LogP contribution < -0.4 is 4.74 Å². The lowest BCUT2D eigenvalue weighted by atomic mass is 9.97. The van der Waals surface area contributed by atoms with Gasteiger partial charge in [0.05, 0.1) is 39.4 Å². The molecule has 0 radical (unpaired) electrons. The van der Waals surface area contributed by atoms with Gasteiger partial charge in [-0.2, -0.15) is 0 Å². The van der Waals surface area contributed by atoms with Crippen LogP contribution in [0, 0.1) is 0 Å². The Morgan fingerprint density at radius 2 is 1.43 bits per heavy atom. The number of hydrogen-bond acceptors (Lipinski definition) is 5. The molecule has 0 bridgehead atoms. The summed E-state index contributed by atoms with van der Waals surface area (Å²) in [5.74, 6) is -0.480. The van der Waals surface area contributed by atoms with Crippen molar-refractivity contribution in [3.8, 4) is 5.75 Å². The molecular weight excluding hydrogens is 747 g/mol. The second-order valence-corrected chi connectivity index (χ2v) is 16.2. The molecule has 1 heterocycles. The highest BCUT2D eigenvalue weighted by Crippen LogP contribution is 2.40. The normalized spacial score (nSPS) is 11.8. The van der Waals surface area contributed by atoms with Crippen LogP contribution >= 0.6 is 46.8 Å². The number of carboxylic acids is 1. The molecule has 7 nitrogen and oxygen atoms in total. The lowest BCUT2D eigenvalue weighted by molar-refractivity contribution is 0.0697. The summed E-state index contributed by atoms with van der Waals surface area (Å²) in [6.45, 7) is 0.377. The van der Waals surface area contributed by atoms with Gasteiger partial charge in [0, 0.05) is 41.0 Å². The van der Waals surface area contributed by atoms with Crippen molar-refractivity contribution < 1.29 is 23.1 Å². The Labute approximate surface area is 316 Å². The first-order valence-corrected chi connectivity index (χ1v) is 19.7. The molecular formula is C39H33Cl3N2O5S2. The SMILES string of the molecule is CS(=O)(=O)N(CCc1c(CCOc2ccc(C(=O)O)cc2)c2cc(Cl)ccc2n1C(c1ccccc1)c1ccccc1)Sc1c(Cl)cccc1Cl. The standard InChI is InChI=1S/C39H33Cl3N2O5S2/c1-51(47,48)43(50-38-33(41)13-8-14-34(38)42)23-21-36-31(22-24-49-30-18-15-28(16-19-30)39(45)46)32-25-29(40)17-20-35(32)44(36)37(26-9-4-2-5-10-26)27-11-6-3-7-12-27/h2-20,25,37H,21-24H2,1H3,(H,45,46). The molecule has 0 aliphatic carbocycles. The molecule has 6 rings (SSSR count). The molecule has 0 saturated heterocycles. The van der Waals surface area contributed by atoms with E-state index in [9.17, 15) is 18.3 Å². The van der Waals surface area contributed by atoms with E-state index in [2.05, 4.69) is 28.8 Å². The van der Waals surface area contributed by atoms with Gasteiger partial charge in [0.2, 0.25) is 10.0 Å². The number of sulfonamides is 1. The van der Waals surface area contributed by atoms with E-state index >= 15 is 0 Å². The van der Waals surface area contributed by atoms with Crippen molar-refractivity contribution >= 4 is 73.6 Å². The van der Waals surface area contributed by atoms with E-state index in [1.165, 1.54) is 22.1 Å². The molecule has 0 saturated carbocycles. The molecule has 1 aromatic heterocycles. The first-order valence-electron chi connectivity index (χ1n) is 16.0. The van der Waals surface area contributed by atoms with Gasteiger partial charge >= 0.3 is 5.97 Å². The van der Waals surface area contributed by atoms with Crippen molar-refractivity contribution in [2.45, 2.75) is 23.8 Å². The summed E-state index contributed by atoms with van der Waals surface area (Å²) in [5, 5.41) is 11.5. The second-order valence-electron chi connectivity index (χ2n) is 11.8. The average molecular weight is 780 g/mol. The number of ether oxygens (including phenoxy) is 1. The zero-order valence-electron chi connectivity index (χ0n) is 27.4. The van der Waals surface area contributed by atoms with Gasteiger partial charge in [-0.3, -0.25) is 0 Å². The fraction of sp³-hybridized carbons (Fsp3) is 0.154. The van der Waals surface area contributed by atoms with E-state index in [4.69, 9.17) is 39.5 Å². The summed E-state index contributed by atoms with van der Waals surface area (Å²) in [7, 11) is -3.73. The molecule has 0 unspecified atom stereocenters. The summed E-state index contributed by atoms with van der Waals surface area (Å²) in [6, 6.07) is 37.2. The maximum atomic E-state index is 13.3. The predicted molar refractivity (Wildman–Crippen MR) is 207 cm³/mol. The Morgan fingerprint density at radius 1 is 0.824 bits per heavy atom. The molecule has 262 valence electrons. The van der Waals surface area contributed by atoms with Gasteiger partial charge in [0.25, 0.3) is 0 Å². The van der Waals surface area contributed by atoms with Crippen LogP contribution in [0.4, 0.5) is 0 Å². The summed E-state index contributed by atoms with van der Waals surface area (Å²) in [6.07, 6.45) is 1.95. The predicted octanol–water partition coefficient (Wildman–Crippen LogP) is 10.1. The Hall–Kier alpha value is -3.96. The number of fused-ring (bicyclic) bond motifs is 1. The molecule has 51 heavy (non-hydrogen) atoms. The monoisotopic (exact) mass is 778 g/mol. The van der Waals surface area contributed by atoms with Gasteiger partial charge in [-0.1, -0.05) is 102 Å². The van der Waals surface area contributed by atoms with Crippen molar-refractivity contribution in [2.24, 2.45) is 0 Å². The zero-order valence-corrected chi connectivity index (χ0v) is 31.3. The van der Waals surface area contributed by atoms with Gasteiger partial charge < -0.3 is 14.4 Å². The third-order valence-corrected chi connectivity index (χ3v) is 12.5. The maximum Gasteiger partial charge on any atom is 0.335 e. The molecule has 0 aliphatic heterocycles. The van der Waals surface area contributed by atoms with Crippen LogP contribution in [-0.4, -0.2) is 47.2 Å². The number of nitrogens with zero attached hydrogens (tertiary/aromatic N) is 2. The quantitative estimate of drug-likeness (QED) is 0.111. The zero-order chi connectivity index (χ0) is 36.1. The molecule has 12 heteroatoms. The third kappa shape index (κ3) is 8.58. The molecule has 0 spiro atoms. The van der Waals surface area contributed by atoms with Gasteiger partial charge in [-0.05, 0) is 83.2 Å². The van der Waals surface area contributed by atoms with Crippen LogP contribution in [0.1, 0.15) is 38.8 Å². The van der Waals surface area contributed by atoms with Crippen LogP contribution in [0.3, 0.4) is 0 Å². The van der Waals surface area contributed by atoms with E-state index in [0.717, 1.165) is 45.2 Å². The van der Waals surface area contributed by atoms with Crippen molar-refractivity contribution in [2.75, 3.05) is 19.4 Å². The number of aromatic nitrogens is 1. The van der Waals surface area contributed by atoms with E-state index < -0.39 is 16.0 Å². The number of carbonyl (C=O) groups is 1. The number of rotatable bonds is 14. The Bertz CT molecular complexity index is 2210. The smallest absolute Gasteiger partial charge is 0.335 e. The molecule has 0 amide bonds. The topological polar surface area (TPSA) is 88.8 Å². The summed E-state index contributed by atoms with van der Waals surface area (Å²) in [4.78, 5) is 11.8. The Morgan fingerprint density at radius 3 is 2.00 bits per heavy atom. The molecule has 6 aromatic rings. The summed E-state index contributed by atoms with van der Waals surface area (Å²) < 4.78 is 36.3. The number of aromatic carboxylic acids is 1. The maximum absolute atomic E-state index is 13.3. The van der Waals surface area contributed by atoms with Crippen LogP contribution in [0.25, 0.3) is 10.9 Å². The van der Waals surface area contributed by atoms with E-state index in [1.807, 2.05) is 54.6 Å². The fourth-order valence-electron chi connectivity index (χ4n) is 6.13. The fourth-order valence-corrected chi connectivity index (χ4v) is 8.79. The minimum absolute atomic E-state index is 0.107. The van der Waals surface area contributed by atoms with Crippen LogP contribution in [-0.2, 0) is 22.9 Å². The Kier molecular flexibility index (Phi) is 11.7. The van der Waals surface area contributed by atoms with Crippen molar-refractivity contribution in [1.29, 1.82) is 0 Å². The van der Waals surface area contributed by atoms with Crippen LogP contribution in [0.2, 0.25) is 15.1 Å². The number of halogens is 3. The molecule has 0 atom stereocenters. The van der Waals surface area contributed by atoms with Crippen molar-refractivity contribution in [3.63, 3.8) is 0 Å². The van der Waals surface area contributed by atoms with Gasteiger partial charge in [0.1, 0.15) is 5.75 Å². The minimum atomic E-state index is -3.73. The largest absolute Gasteiger partial charge is 0.493 e. The lowest BCUT2D eigenvalue weighted by Crippen LogP contribution is -2.27. The van der Waals surface area contributed by atoms with Crippen molar-refractivity contribution in [3.05, 3.63) is 164 Å². The van der Waals surface area contributed by atoms with Crippen LogP contribution in [0.15, 0.2) is 126 Å². The average Bonchev–Trinajstić information content (AvgIpc) is 3.40. The van der Waals surface area contributed by atoms with E-state index in [-0.39, 0.29) is 24.8 Å². The summed E-state index contributed by atoms with van der Waals surface area (Å²) >= 11 is 20.6. The highest BCUT2D eigenvalue weighted by atomic mass is 35.5. The molecule has 0 aliphatic rings. The Balaban J connectivity index is 1.48. The van der Waals surface area contributed by atoms with Crippen LogP contribution in [0.5, 0.6) is 5.75 Å². The first kappa shape index (κ1) is 36.8. The highest BCUT2D eigenvalue weighted by Gasteiger charge is 2.28. The second kappa shape index (κ2) is 16.2. The molecule has 1 N–H and O–H groups in total. The summed E-state index contributed by atoms with van der Waals surface area (Å²) in [5.41, 5.74) is 5.07. The molecule has 0 fully saturated rings. The van der Waals surface area contributed by atoms with E-state index in [0.29, 0.717) is 38.6 Å². The minimum Gasteiger partial charge on any atom is -0.493 e. The van der Waals surface area contributed by atoms with Gasteiger partial charge in [-0.15, -0.1) is 3.71 Å². The van der Waals surface area contributed by atoms with Gasteiger partial charge in [0.15, 0.2) is 0 Å². The first-order chi connectivity index (χ1) is 24.5. The van der Waals surface area contributed by atoms with E-state index in [1.54, 1.807) is 30.3 Å². The third-order valence-electron chi connectivity index (χ3n) is 8.41. The molecule has 5 aromatic carbocycles. The number of carboxylic acid groups (broad SMARTS) is 1. The number of benzene rings is 5.